The van der Waals surface area contributed by atoms with Gasteiger partial charge in [0.2, 0.25) is 0 Å². The molecule has 0 saturated heterocycles. The molecule has 0 aliphatic rings. The van der Waals surface area contributed by atoms with Gasteiger partial charge in [0.1, 0.15) is 5.75 Å². The molecule has 1 aromatic carbocycles. The monoisotopic (exact) mass is 220 g/mol. The molecule has 0 amide bonds. The number of ketones is 1. The van der Waals surface area contributed by atoms with Crippen molar-refractivity contribution in [3.05, 3.63) is 35.9 Å². The zero-order chi connectivity index (χ0) is 12.0. The van der Waals surface area contributed by atoms with Crippen molar-refractivity contribution in [2.24, 2.45) is 0 Å². The summed E-state index contributed by atoms with van der Waals surface area (Å²) in [5.74, 6) is -1.11. The summed E-state index contributed by atoms with van der Waals surface area (Å²) < 4.78 is 0. The van der Waals surface area contributed by atoms with Crippen LogP contribution in [0.25, 0.3) is 6.08 Å². The van der Waals surface area contributed by atoms with Gasteiger partial charge in [-0.15, -0.1) is 0 Å². The van der Waals surface area contributed by atoms with Crippen molar-refractivity contribution < 1.29 is 19.8 Å². The Labute approximate surface area is 92.8 Å². The lowest BCUT2D eigenvalue weighted by atomic mass is 10.1. The second-order valence-corrected chi connectivity index (χ2v) is 3.29. The lowest BCUT2D eigenvalue weighted by Crippen LogP contribution is -1.99. The molecule has 0 aliphatic heterocycles. The third kappa shape index (κ3) is 4.41. The van der Waals surface area contributed by atoms with Crippen LogP contribution in [0.4, 0.5) is 0 Å². The van der Waals surface area contributed by atoms with Gasteiger partial charge in [0.15, 0.2) is 5.78 Å². The van der Waals surface area contributed by atoms with Crippen LogP contribution in [0.1, 0.15) is 18.4 Å². The minimum absolute atomic E-state index is 0.00928. The number of carboxylic acids is 1. The summed E-state index contributed by atoms with van der Waals surface area (Å²) in [6, 6.07) is 6.45. The number of carbonyl (C=O) groups excluding carboxylic acids is 1. The van der Waals surface area contributed by atoms with E-state index in [0.717, 1.165) is 0 Å². The van der Waals surface area contributed by atoms with Crippen LogP contribution in [-0.4, -0.2) is 22.0 Å². The maximum absolute atomic E-state index is 11.2. The van der Waals surface area contributed by atoms with Gasteiger partial charge in [0.25, 0.3) is 0 Å². The van der Waals surface area contributed by atoms with E-state index in [0.29, 0.717) is 5.56 Å². The van der Waals surface area contributed by atoms with Crippen molar-refractivity contribution in [1.82, 2.24) is 0 Å². The molecule has 84 valence electrons. The number of phenolic OH excluding ortho intramolecular Hbond substituents is 1. The van der Waals surface area contributed by atoms with Crippen molar-refractivity contribution in [2.45, 2.75) is 12.8 Å². The Morgan fingerprint density at radius 3 is 2.62 bits per heavy atom. The van der Waals surface area contributed by atoms with Crippen LogP contribution in [0.15, 0.2) is 30.3 Å². The predicted molar refractivity (Wildman–Crippen MR) is 59.0 cm³/mol. The maximum Gasteiger partial charge on any atom is 0.303 e. The fraction of sp³-hybridized carbons (Fsp3) is 0.167. The zero-order valence-electron chi connectivity index (χ0n) is 8.59. The van der Waals surface area contributed by atoms with Crippen LogP contribution in [-0.2, 0) is 9.59 Å². The molecule has 4 heteroatoms. The Balaban J connectivity index is 2.53. The van der Waals surface area contributed by atoms with E-state index >= 15 is 0 Å². The number of aromatic hydroxyl groups is 1. The molecule has 0 aromatic heterocycles. The molecule has 0 unspecified atom stereocenters. The van der Waals surface area contributed by atoms with E-state index in [9.17, 15) is 9.59 Å². The number of phenols is 1. The molecule has 4 nitrogen and oxygen atoms in total. The van der Waals surface area contributed by atoms with Crippen LogP contribution >= 0.6 is 0 Å². The average Bonchev–Trinajstić information content (AvgIpc) is 2.23. The number of allylic oxidation sites excluding steroid dienone is 1. The Bertz CT molecular complexity index is 421. The summed E-state index contributed by atoms with van der Waals surface area (Å²) in [5, 5.41) is 17.5. The summed E-state index contributed by atoms with van der Waals surface area (Å²) in [7, 11) is 0. The first-order chi connectivity index (χ1) is 7.58. The maximum atomic E-state index is 11.2. The molecule has 0 saturated carbocycles. The summed E-state index contributed by atoms with van der Waals surface area (Å²) in [4.78, 5) is 21.4. The topological polar surface area (TPSA) is 74.6 Å². The van der Waals surface area contributed by atoms with Crippen molar-refractivity contribution in [1.29, 1.82) is 0 Å². The largest absolute Gasteiger partial charge is 0.508 e. The van der Waals surface area contributed by atoms with E-state index in [2.05, 4.69) is 0 Å². The fourth-order valence-corrected chi connectivity index (χ4v) is 1.13. The average molecular weight is 220 g/mol. The molecule has 0 spiro atoms. The van der Waals surface area contributed by atoms with Gasteiger partial charge in [-0.05, 0) is 23.8 Å². The van der Waals surface area contributed by atoms with Crippen LogP contribution in [0.5, 0.6) is 5.75 Å². The van der Waals surface area contributed by atoms with E-state index in [1.807, 2.05) is 0 Å². The predicted octanol–water partition coefficient (Wildman–Crippen LogP) is 1.84. The van der Waals surface area contributed by atoms with Crippen LogP contribution in [0.2, 0.25) is 0 Å². The van der Waals surface area contributed by atoms with E-state index in [4.69, 9.17) is 10.2 Å². The Hall–Kier alpha value is -2.10. The molecule has 1 aromatic rings. The second-order valence-electron chi connectivity index (χ2n) is 3.29. The lowest BCUT2D eigenvalue weighted by molar-refractivity contribution is -0.138. The molecular weight excluding hydrogens is 208 g/mol. The molecular formula is C12H12O4. The first kappa shape index (κ1) is 12.0. The van der Waals surface area contributed by atoms with Crippen molar-refractivity contribution >= 4 is 17.8 Å². The number of rotatable bonds is 5. The SMILES string of the molecule is O=C(O)CCC(=O)/C=C/c1cccc(O)c1. The molecule has 0 bridgehead atoms. The van der Waals surface area contributed by atoms with Gasteiger partial charge in [0.05, 0.1) is 6.42 Å². The number of benzene rings is 1. The number of carboxylic acid groups (broad SMARTS) is 1. The highest BCUT2D eigenvalue weighted by Gasteiger charge is 2.01. The number of hydrogen-bond donors (Lipinski definition) is 2. The third-order valence-corrected chi connectivity index (χ3v) is 1.92. The van der Waals surface area contributed by atoms with E-state index in [1.165, 1.54) is 18.2 Å². The molecule has 0 atom stereocenters. The van der Waals surface area contributed by atoms with Crippen molar-refractivity contribution in [3.8, 4) is 5.75 Å². The second kappa shape index (κ2) is 5.70. The molecule has 0 fully saturated rings. The van der Waals surface area contributed by atoms with E-state index in [1.54, 1.807) is 18.2 Å². The molecule has 0 heterocycles. The number of hydrogen-bond acceptors (Lipinski definition) is 3. The van der Waals surface area contributed by atoms with Crippen molar-refractivity contribution in [2.75, 3.05) is 0 Å². The standard InChI is InChI=1S/C12H12O4/c13-10(6-7-12(15)16)5-4-9-2-1-3-11(14)8-9/h1-5,8,14H,6-7H2,(H,15,16)/b5-4+. The van der Waals surface area contributed by atoms with Gasteiger partial charge in [-0.3, -0.25) is 9.59 Å². The highest BCUT2D eigenvalue weighted by Crippen LogP contribution is 2.12. The first-order valence-corrected chi connectivity index (χ1v) is 4.79. The minimum Gasteiger partial charge on any atom is -0.508 e. The Kier molecular flexibility index (Phi) is 4.27. The minimum atomic E-state index is -0.987. The Morgan fingerprint density at radius 2 is 2.00 bits per heavy atom. The van der Waals surface area contributed by atoms with Crippen LogP contribution in [0.3, 0.4) is 0 Å². The molecule has 0 aliphatic carbocycles. The van der Waals surface area contributed by atoms with Gasteiger partial charge in [0, 0.05) is 6.42 Å². The summed E-state index contributed by atoms with van der Waals surface area (Å²) >= 11 is 0. The van der Waals surface area contributed by atoms with E-state index < -0.39 is 5.97 Å². The summed E-state index contributed by atoms with van der Waals surface area (Å²) in [6.45, 7) is 0. The van der Waals surface area contributed by atoms with E-state index in [-0.39, 0.29) is 24.4 Å². The lowest BCUT2D eigenvalue weighted by Gasteiger charge is -1.94. The zero-order valence-corrected chi connectivity index (χ0v) is 8.59. The summed E-state index contributed by atoms with van der Waals surface area (Å²) in [6.07, 6.45) is 2.69. The summed E-state index contributed by atoms with van der Waals surface area (Å²) in [5.41, 5.74) is 0.698. The van der Waals surface area contributed by atoms with Crippen molar-refractivity contribution in [3.63, 3.8) is 0 Å². The molecule has 16 heavy (non-hydrogen) atoms. The fourth-order valence-electron chi connectivity index (χ4n) is 1.13. The smallest absolute Gasteiger partial charge is 0.303 e. The molecule has 2 N–H and O–H groups in total. The molecule has 0 radical (unpaired) electrons. The van der Waals surface area contributed by atoms with Gasteiger partial charge in [-0.25, -0.2) is 0 Å². The highest BCUT2D eigenvalue weighted by atomic mass is 16.4. The highest BCUT2D eigenvalue weighted by molar-refractivity contribution is 5.95. The normalized spacial score (nSPS) is 10.5. The number of aliphatic carboxylic acids is 1. The van der Waals surface area contributed by atoms with Gasteiger partial charge < -0.3 is 10.2 Å². The van der Waals surface area contributed by atoms with Gasteiger partial charge in [-0.2, -0.15) is 0 Å². The Morgan fingerprint density at radius 1 is 1.25 bits per heavy atom. The first-order valence-electron chi connectivity index (χ1n) is 4.79. The third-order valence-electron chi connectivity index (χ3n) is 1.92. The quantitative estimate of drug-likeness (QED) is 0.742. The number of carbonyl (C=O) groups is 2. The molecule has 1 rings (SSSR count). The van der Waals surface area contributed by atoms with Crippen LogP contribution in [0, 0.1) is 0 Å². The van der Waals surface area contributed by atoms with Gasteiger partial charge in [-0.1, -0.05) is 18.2 Å². The van der Waals surface area contributed by atoms with Gasteiger partial charge >= 0.3 is 5.97 Å². The van der Waals surface area contributed by atoms with Crippen LogP contribution < -0.4 is 0 Å².